The minimum atomic E-state index is 0.384. The fraction of sp³-hybridized carbons (Fsp3) is 0.250. The lowest BCUT2D eigenvalue weighted by molar-refractivity contribution is 1.30. The fourth-order valence-corrected chi connectivity index (χ4v) is 0.736. The lowest BCUT2D eigenvalue weighted by Crippen LogP contribution is -1.81. The summed E-state index contributed by atoms with van der Waals surface area (Å²) in [4.78, 5) is 0. The third-order valence-electron chi connectivity index (χ3n) is 1.58. The summed E-state index contributed by atoms with van der Waals surface area (Å²) in [6.45, 7) is 3.89. The van der Waals surface area contributed by atoms with Gasteiger partial charge >= 0.3 is 0 Å². The van der Waals surface area contributed by atoms with E-state index in [4.69, 9.17) is 5.73 Å². The zero-order valence-electron chi connectivity index (χ0n) is 5.68. The van der Waals surface area contributed by atoms with Crippen LogP contribution in [0.3, 0.4) is 0 Å². The van der Waals surface area contributed by atoms with Crippen molar-refractivity contribution >= 4 is 5.69 Å². The highest BCUT2D eigenvalue weighted by Crippen LogP contribution is 2.14. The van der Waals surface area contributed by atoms with Gasteiger partial charge in [-0.15, -0.1) is 0 Å². The highest BCUT2D eigenvalue weighted by Gasteiger charge is 1.94. The summed E-state index contributed by atoms with van der Waals surface area (Å²) in [5, 5.41) is 0. The van der Waals surface area contributed by atoms with E-state index < -0.39 is 0 Å². The van der Waals surface area contributed by atoms with Crippen LogP contribution in [0.2, 0.25) is 0 Å². The first-order chi connectivity index (χ1) is 4.22. The van der Waals surface area contributed by atoms with Crippen molar-refractivity contribution in [3.8, 4) is 0 Å². The number of rotatable bonds is 0. The van der Waals surface area contributed by atoms with E-state index in [1.54, 1.807) is 6.07 Å². The van der Waals surface area contributed by atoms with Crippen LogP contribution in [-0.2, 0) is 0 Å². The second kappa shape index (κ2) is 2.09. The van der Waals surface area contributed by atoms with E-state index in [0.717, 1.165) is 11.1 Å². The number of hydrogen-bond donors (Lipinski definition) is 0. The Morgan fingerprint density at radius 3 is 2.33 bits per heavy atom. The third-order valence-corrected chi connectivity index (χ3v) is 1.58. The molecule has 0 unspecified atom stereocenters. The zero-order chi connectivity index (χ0) is 6.85. The van der Waals surface area contributed by atoms with Crippen LogP contribution < -0.4 is 5.73 Å². The minimum Gasteiger partial charge on any atom is -0.150 e. The van der Waals surface area contributed by atoms with Gasteiger partial charge in [-0.05, 0) is 31.0 Å². The standard InChI is InChI=1S/C8H9N/c1-6-4-3-5-8(9)7(6)2/h3-5H,1-2H3. The Balaban J connectivity index is 3.25. The zero-order valence-corrected chi connectivity index (χ0v) is 5.68. The molecule has 46 valence electrons. The van der Waals surface area contributed by atoms with Crippen LogP contribution in [0.4, 0.5) is 5.69 Å². The maximum atomic E-state index is 9.10. The summed E-state index contributed by atoms with van der Waals surface area (Å²) in [5.41, 5.74) is 11.6. The van der Waals surface area contributed by atoms with Crippen LogP contribution in [0.15, 0.2) is 18.2 Å². The number of benzene rings is 1. The van der Waals surface area contributed by atoms with Crippen LogP contribution in [0, 0.1) is 13.8 Å². The normalized spacial score (nSPS) is 9.56. The Bertz CT molecular complexity index is 196. The van der Waals surface area contributed by atoms with E-state index in [1.807, 2.05) is 26.0 Å². The maximum Gasteiger partial charge on any atom is 0.0888 e. The van der Waals surface area contributed by atoms with E-state index >= 15 is 0 Å². The second-order valence-electron chi connectivity index (χ2n) is 2.22. The Morgan fingerprint density at radius 2 is 1.89 bits per heavy atom. The average molecular weight is 119 g/mol. The lowest BCUT2D eigenvalue weighted by atomic mass is 10.1. The Morgan fingerprint density at radius 1 is 1.22 bits per heavy atom. The molecule has 1 aromatic rings. The fourth-order valence-electron chi connectivity index (χ4n) is 0.736. The molecule has 0 saturated carbocycles. The first-order valence-corrected chi connectivity index (χ1v) is 2.97. The van der Waals surface area contributed by atoms with Gasteiger partial charge in [-0.3, -0.25) is 0 Å². The highest BCUT2D eigenvalue weighted by molar-refractivity contribution is 5.46. The first-order valence-electron chi connectivity index (χ1n) is 2.97. The van der Waals surface area contributed by atoms with E-state index in [-0.39, 0.29) is 0 Å². The molecule has 1 rings (SSSR count). The van der Waals surface area contributed by atoms with Crippen molar-refractivity contribution in [2.24, 2.45) is 0 Å². The molecule has 0 N–H and O–H groups in total. The molecule has 2 radical (unpaired) electrons. The summed E-state index contributed by atoms with van der Waals surface area (Å²) in [6.07, 6.45) is 0. The molecule has 0 aliphatic heterocycles. The number of nitrogens with zero attached hydrogens (tertiary/aromatic N) is 1. The molecule has 0 atom stereocenters. The van der Waals surface area contributed by atoms with Gasteiger partial charge in [0.25, 0.3) is 0 Å². The number of hydrogen-bond acceptors (Lipinski definition) is 0. The van der Waals surface area contributed by atoms with Gasteiger partial charge in [-0.1, -0.05) is 12.1 Å². The summed E-state index contributed by atoms with van der Waals surface area (Å²) >= 11 is 0. The van der Waals surface area contributed by atoms with Gasteiger partial charge in [0.1, 0.15) is 0 Å². The van der Waals surface area contributed by atoms with E-state index in [9.17, 15) is 0 Å². The predicted octanol–water partition coefficient (Wildman–Crippen LogP) is 2.00. The topological polar surface area (TPSA) is 22.3 Å². The summed E-state index contributed by atoms with van der Waals surface area (Å²) in [5.74, 6) is 0. The molecule has 1 heteroatoms. The second-order valence-corrected chi connectivity index (χ2v) is 2.22. The van der Waals surface area contributed by atoms with Crippen molar-refractivity contribution in [3.63, 3.8) is 0 Å². The Hall–Kier alpha value is -0.980. The molecular weight excluding hydrogens is 110 g/mol. The Kier molecular flexibility index (Phi) is 1.43. The Labute approximate surface area is 55.5 Å². The molecule has 0 aromatic heterocycles. The highest BCUT2D eigenvalue weighted by atomic mass is 14.5. The van der Waals surface area contributed by atoms with Crippen molar-refractivity contribution in [2.45, 2.75) is 13.8 Å². The van der Waals surface area contributed by atoms with Crippen LogP contribution in [0.1, 0.15) is 11.1 Å². The molecule has 0 amide bonds. The average Bonchev–Trinajstić information content (AvgIpc) is 1.83. The van der Waals surface area contributed by atoms with Crippen molar-refractivity contribution in [2.75, 3.05) is 0 Å². The van der Waals surface area contributed by atoms with Crippen molar-refractivity contribution in [1.82, 2.24) is 5.73 Å². The molecule has 0 aliphatic carbocycles. The molecule has 9 heavy (non-hydrogen) atoms. The maximum absolute atomic E-state index is 9.10. The molecule has 1 nitrogen and oxygen atoms in total. The predicted molar refractivity (Wildman–Crippen MR) is 37.7 cm³/mol. The van der Waals surface area contributed by atoms with Crippen LogP contribution >= 0.6 is 0 Å². The lowest BCUT2D eigenvalue weighted by Gasteiger charge is -1.98. The molecule has 0 fully saturated rings. The van der Waals surface area contributed by atoms with E-state index in [0.29, 0.717) is 5.69 Å². The summed E-state index contributed by atoms with van der Waals surface area (Å²) < 4.78 is 0. The smallest absolute Gasteiger partial charge is 0.0888 e. The van der Waals surface area contributed by atoms with E-state index in [1.165, 1.54) is 0 Å². The van der Waals surface area contributed by atoms with Crippen molar-refractivity contribution < 1.29 is 0 Å². The van der Waals surface area contributed by atoms with Crippen LogP contribution in [-0.4, -0.2) is 0 Å². The molecule has 1 aromatic carbocycles. The van der Waals surface area contributed by atoms with Gasteiger partial charge in [0.05, 0.1) is 5.69 Å². The monoisotopic (exact) mass is 119 g/mol. The van der Waals surface area contributed by atoms with Gasteiger partial charge in [-0.2, -0.15) is 5.73 Å². The molecule has 0 bridgehead atoms. The van der Waals surface area contributed by atoms with Gasteiger partial charge in [-0.25, -0.2) is 0 Å². The minimum absolute atomic E-state index is 0.384. The molecule has 0 saturated heterocycles. The molecule has 0 aliphatic rings. The number of aryl methyl sites for hydroxylation is 1. The van der Waals surface area contributed by atoms with Crippen molar-refractivity contribution in [3.05, 3.63) is 29.3 Å². The molecular formula is C8H9N. The van der Waals surface area contributed by atoms with Crippen LogP contribution in [0.5, 0.6) is 0 Å². The van der Waals surface area contributed by atoms with Crippen molar-refractivity contribution in [1.29, 1.82) is 0 Å². The SMILES string of the molecule is Cc1cccc([N])c1C. The third kappa shape index (κ3) is 1.04. The quantitative estimate of drug-likeness (QED) is 0.498. The molecule has 0 heterocycles. The first kappa shape index (κ1) is 6.14. The van der Waals surface area contributed by atoms with Gasteiger partial charge < -0.3 is 0 Å². The van der Waals surface area contributed by atoms with Gasteiger partial charge in [0.2, 0.25) is 0 Å². The molecule has 0 spiro atoms. The van der Waals surface area contributed by atoms with Gasteiger partial charge in [0.15, 0.2) is 0 Å². The van der Waals surface area contributed by atoms with Crippen LogP contribution in [0.25, 0.3) is 0 Å². The summed E-state index contributed by atoms with van der Waals surface area (Å²) in [6, 6.07) is 5.52. The van der Waals surface area contributed by atoms with E-state index in [2.05, 4.69) is 0 Å². The van der Waals surface area contributed by atoms with Gasteiger partial charge in [0, 0.05) is 0 Å². The largest absolute Gasteiger partial charge is 0.150 e. The summed E-state index contributed by atoms with van der Waals surface area (Å²) in [7, 11) is 0.